The highest BCUT2D eigenvalue weighted by Crippen LogP contribution is 2.12. The van der Waals surface area contributed by atoms with Gasteiger partial charge in [0.15, 0.2) is 5.69 Å². The van der Waals surface area contributed by atoms with E-state index in [0.29, 0.717) is 23.0 Å². The quantitative estimate of drug-likeness (QED) is 0.829. The molecule has 0 bridgehead atoms. The van der Waals surface area contributed by atoms with Gasteiger partial charge in [0.2, 0.25) is 0 Å². The molecule has 0 unspecified atom stereocenters. The van der Waals surface area contributed by atoms with Crippen LogP contribution in [0.15, 0.2) is 29.1 Å². The highest BCUT2D eigenvalue weighted by molar-refractivity contribution is 6.04. The zero-order chi connectivity index (χ0) is 15.2. The summed E-state index contributed by atoms with van der Waals surface area (Å²) in [6, 6.07) is 7.07. The number of fused-ring (bicyclic) bond motifs is 1. The number of aromatic nitrogens is 2. The van der Waals surface area contributed by atoms with E-state index in [1.165, 1.54) is 17.5 Å². The fourth-order valence-electron chi connectivity index (χ4n) is 2.30. The number of nitrogens with zero attached hydrogens (tertiary/aromatic N) is 2. The Morgan fingerprint density at radius 1 is 1.19 bits per heavy atom. The molecule has 5 nitrogen and oxygen atoms in total. The summed E-state index contributed by atoms with van der Waals surface area (Å²) >= 11 is 0. The lowest BCUT2D eigenvalue weighted by molar-refractivity contribution is 0.0947. The maximum atomic E-state index is 12.3. The molecule has 112 valence electrons. The lowest BCUT2D eigenvalue weighted by Gasteiger charge is -2.08. The average Bonchev–Trinajstić information content (AvgIpc) is 2.50. The first-order chi connectivity index (χ1) is 10.1. The van der Waals surface area contributed by atoms with Gasteiger partial charge in [0.05, 0.1) is 5.39 Å². The van der Waals surface area contributed by atoms with E-state index in [0.717, 1.165) is 12.8 Å². The molecule has 0 saturated heterocycles. The lowest BCUT2D eigenvalue weighted by atomic mass is 10.1. The van der Waals surface area contributed by atoms with Crippen molar-refractivity contribution in [3.8, 4) is 0 Å². The second kappa shape index (κ2) is 7.02. The first kappa shape index (κ1) is 15.2. The van der Waals surface area contributed by atoms with Crippen molar-refractivity contribution in [1.82, 2.24) is 15.1 Å². The van der Waals surface area contributed by atoms with Crippen molar-refractivity contribution in [1.29, 1.82) is 0 Å². The second-order valence-electron chi connectivity index (χ2n) is 5.14. The molecule has 0 spiro atoms. The Labute approximate surface area is 124 Å². The number of nitrogens with one attached hydrogen (secondary N) is 1. The Balaban J connectivity index is 2.20. The molecule has 0 fully saturated rings. The smallest absolute Gasteiger partial charge is 0.274 e. The third kappa shape index (κ3) is 3.48. The molecule has 1 amide bonds. The van der Waals surface area contributed by atoms with Crippen molar-refractivity contribution in [2.75, 3.05) is 6.54 Å². The van der Waals surface area contributed by atoms with Crippen LogP contribution in [0.2, 0.25) is 0 Å². The van der Waals surface area contributed by atoms with E-state index in [1.807, 2.05) is 6.07 Å². The summed E-state index contributed by atoms with van der Waals surface area (Å²) in [5, 5.41) is 8.11. The highest BCUT2D eigenvalue weighted by Gasteiger charge is 2.14. The van der Waals surface area contributed by atoms with Crippen molar-refractivity contribution >= 4 is 16.7 Å². The number of carbonyl (C=O) groups is 1. The summed E-state index contributed by atoms with van der Waals surface area (Å²) in [7, 11) is 1.56. The molecule has 2 aromatic rings. The summed E-state index contributed by atoms with van der Waals surface area (Å²) in [6.45, 7) is 2.79. The van der Waals surface area contributed by atoms with Crippen LogP contribution in [0.1, 0.15) is 43.1 Å². The number of aryl methyl sites for hydroxylation is 1. The van der Waals surface area contributed by atoms with Gasteiger partial charge in [-0.2, -0.15) is 5.10 Å². The zero-order valence-corrected chi connectivity index (χ0v) is 12.6. The lowest BCUT2D eigenvalue weighted by Crippen LogP contribution is -2.30. The van der Waals surface area contributed by atoms with Gasteiger partial charge in [-0.1, -0.05) is 44.4 Å². The Hall–Kier alpha value is -2.17. The first-order valence-corrected chi connectivity index (χ1v) is 7.39. The molecule has 0 aliphatic heterocycles. The van der Waals surface area contributed by atoms with Crippen LogP contribution >= 0.6 is 0 Å². The van der Waals surface area contributed by atoms with Crippen molar-refractivity contribution in [2.24, 2.45) is 7.05 Å². The summed E-state index contributed by atoms with van der Waals surface area (Å²) in [4.78, 5) is 24.3. The molecular formula is C16H21N3O2. The molecule has 21 heavy (non-hydrogen) atoms. The maximum absolute atomic E-state index is 12.3. The molecule has 2 rings (SSSR count). The molecule has 1 aromatic heterocycles. The van der Waals surface area contributed by atoms with Gasteiger partial charge in [0.1, 0.15) is 0 Å². The Kier molecular flexibility index (Phi) is 5.09. The summed E-state index contributed by atoms with van der Waals surface area (Å²) in [5.74, 6) is -0.224. The second-order valence-corrected chi connectivity index (χ2v) is 5.14. The molecule has 5 heteroatoms. The number of carbonyl (C=O) groups excluding carboxylic acids is 1. The van der Waals surface area contributed by atoms with Gasteiger partial charge >= 0.3 is 0 Å². The van der Waals surface area contributed by atoms with Crippen molar-refractivity contribution in [2.45, 2.75) is 32.6 Å². The van der Waals surface area contributed by atoms with Crippen LogP contribution in [-0.2, 0) is 7.05 Å². The predicted molar refractivity (Wildman–Crippen MR) is 83.5 cm³/mol. The Morgan fingerprint density at radius 2 is 1.90 bits per heavy atom. The maximum Gasteiger partial charge on any atom is 0.274 e. The Morgan fingerprint density at radius 3 is 2.62 bits per heavy atom. The van der Waals surface area contributed by atoms with E-state index in [1.54, 1.807) is 25.2 Å². The topological polar surface area (TPSA) is 64.0 Å². The molecule has 0 atom stereocenters. The van der Waals surface area contributed by atoms with Crippen LogP contribution in [0.3, 0.4) is 0 Å². The third-order valence-electron chi connectivity index (χ3n) is 3.49. The number of rotatable bonds is 6. The van der Waals surface area contributed by atoms with Gasteiger partial charge in [0, 0.05) is 19.0 Å². The van der Waals surface area contributed by atoms with Gasteiger partial charge in [-0.3, -0.25) is 9.59 Å². The molecule has 0 aliphatic rings. The molecule has 1 aromatic carbocycles. The molecule has 1 N–H and O–H groups in total. The highest BCUT2D eigenvalue weighted by atomic mass is 16.2. The zero-order valence-electron chi connectivity index (χ0n) is 12.6. The molecule has 0 saturated carbocycles. The number of benzene rings is 1. The van der Waals surface area contributed by atoms with E-state index < -0.39 is 0 Å². The third-order valence-corrected chi connectivity index (χ3v) is 3.49. The monoisotopic (exact) mass is 287 g/mol. The van der Waals surface area contributed by atoms with Crippen LogP contribution < -0.4 is 10.9 Å². The standard InChI is InChI=1S/C16H21N3O2/c1-3-4-5-8-11-17-15(20)14-12-9-6-7-10-13(12)16(21)19(2)18-14/h6-7,9-10H,3-5,8,11H2,1-2H3,(H,17,20). The van der Waals surface area contributed by atoms with Gasteiger partial charge in [-0.25, -0.2) is 4.68 Å². The van der Waals surface area contributed by atoms with Gasteiger partial charge in [-0.15, -0.1) is 0 Å². The molecule has 0 aliphatic carbocycles. The summed E-state index contributed by atoms with van der Waals surface area (Å²) in [6.07, 6.45) is 4.42. The fourth-order valence-corrected chi connectivity index (χ4v) is 2.30. The van der Waals surface area contributed by atoms with Crippen molar-refractivity contribution in [3.63, 3.8) is 0 Å². The molecule has 0 radical (unpaired) electrons. The number of hydrogen-bond acceptors (Lipinski definition) is 3. The van der Waals surface area contributed by atoms with Crippen LogP contribution in [0.5, 0.6) is 0 Å². The largest absolute Gasteiger partial charge is 0.351 e. The van der Waals surface area contributed by atoms with Gasteiger partial charge in [-0.05, 0) is 12.5 Å². The van der Waals surface area contributed by atoms with E-state index in [9.17, 15) is 9.59 Å². The Bertz CT molecular complexity index is 691. The van der Waals surface area contributed by atoms with Crippen molar-refractivity contribution < 1.29 is 4.79 Å². The van der Waals surface area contributed by atoms with Gasteiger partial charge < -0.3 is 5.32 Å². The van der Waals surface area contributed by atoms with Crippen molar-refractivity contribution in [3.05, 3.63) is 40.3 Å². The predicted octanol–water partition coefficient (Wildman–Crippen LogP) is 2.24. The van der Waals surface area contributed by atoms with E-state index >= 15 is 0 Å². The summed E-state index contributed by atoms with van der Waals surface area (Å²) in [5.41, 5.74) is 0.119. The minimum atomic E-state index is -0.224. The minimum absolute atomic E-state index is 0.190. The molecular weight excluding hydrogens is 266 g/mol. The van der Waals surface area contributed by atoms with Gasteiger partial charge in [0.25, 0.3) is 11.5 Å². The summed E-state index contributed by atoms with van der Waals surface area (Å²) < 4.78 is 1.22. The van der Waals surface area contributed by atoms with Crippen LogP contribution in [-0.4, -0.2) is 22.2 Å². The van der Waals surface area contributed by atoms with Crippen LogP contribution in [0, 0.1) is 0 Å². The SMILES string of the molecule is CCCCCCNC(=O)c1nn(C)c(=O)c2ccccc12. The number of unbranched alkanes of at least 4 members (excludes halogenated alkanes) is 3. The number of amides is 1. The average molecular weight is 287 g/mol. The van der Waals surface area contributed by atoms with E-state index in [-0.39, 0.29) is 11.5 Å². The van der Waals surface area contributed by atoms with Crippen LogP contribution in [0.4, 0.5) is 0 Å². The van der Waals surface area contributed by atoms with Crippen LogP contribution in [0.25, 0.3) is 10.8 Å². The fraction of sp³-hybridized carbons (Fsp3) is 0.438. The molecule has 1 heterocycles. The number of hydrogen-bond donors (Lipinski definition) is 1. The van der Waals surface area contributed by atoms with E-state index in [2.05, 4.69) is 17.3 Å². The minimum Gasteiger partial charge on any atom is -0.351 e. The normalized spacial score (nSPS) is 10.8. The van der Waals surface area contributed by atoms with E-state index in [4.69, 9.17) is 0 Å². The first-order valence-electron chi connectivity index (χ1n) is 7.39.